The lowest BCUT2D eigenvalue weighted by Crippen LogP contribution is -2.49. The molecule has 0 aliphatic heterocycles. The van der Waals surface area contributed by atoms with E-state index in [-0.39, 0.29) is 18.6 Å². The highest BCUT2D eigenvalue weighted by atomic mass is 32.1. The second-order valence-electron chi connectivity index (χ2n) is 9.64. The average Bonchev–Trinajstić information content (AvgIpc) is 3.45. The Hall–Kier alpha value is -3.18. The average molecular weight is 521 g/mol. The number of thiazole rings is 1. The number of fused-ring (bicyclic) bond motifs is 1. The maximum atomic E-state index is 11.1. The van der Waals surface area contributed by atoms with E-state index < -0.39 is 11.8 Å². The fourth-order valence-corrected chi connectivity index (χ4v) is 5.92. The van der Waals surface area contributed by atoms with Crippen LogP contribution < -0.4 is 10.6 Å². The van der Waals surface area contributed by atoms with Crippen LogP contribution in [0, 0.1) is 19.8 Å². The minimum Gasteiger partial charge on any atom is -0.396 e. The van der Waals surface area contributed by atoms with E-state index in [0.717, 1.165) is 32.0 Å². The number of rotatable bonds is 8. The Morgan fingerprint density at radius 1 is 1.16 bits per heavy atom. The first-order valence-corrected chi connectivity index (χ1v) is 13.2. The first kappa shape index (κ1) is 25.5. The number of aryl methyl sites for hydroxylation is 2. The number of methoxy groups -OCH3 is 1. The van der Waals surface area contributed by atoms with Gasteiger partial charge in [0.05, 0.1) is 28.2 Å². The van der Waals surface area contributed by atoms with Crippen molar-refractivity contribution in [3.05, 3.63) is 59.5 Å². The smallest absolute Gasteiger partial charge is 0.225 e. The molecule has 4 N–H and O–H groups in total. The summed E-state index contributed by atoms with van der Waals surface area (Å²) in [5.41, 5.74) is 3.50. The summed E-state index contributed by atoms with van der Waals surface area (Å²) in [5, 5.41) is 28.4. The summed E-state index contributed by atoms with van der Waals surface area (Å²) in [5.74, 6) is 0.682. The molecule has 1 aliphatic rings. The van der Waals surface area contributed by atoms with Crippen LogP contribution in [0.2, 0.25) is 0 Å². The summed E-state index contributed by atoms with van der Waals surface area (Å²) in [6, 6.07) is 10.2. The van der Waals surface area contributed by atoms with Crippen molar-refractivity contribution in [1.82, 2.24) is 19.9 Å². The molecule has 5 rings (SSSR count). The topological polar surface area (TPSA) is 125 Å². The monoisotopic (exact) mass is 520 g/mol. The summed E-state index contributed by atoms with van der Waals surface area (Å²) in [6.45, 7) is 5.94. The van der Waals surface area contributed by atoms with Crippen LogP contribution in [0.15, 0.2) is 42.7 Å². The molecule has 37 heavy (non-hydrogen) atoms. The Morgan fingerprint density at radius 3 is 2.62 bits per heavy atom. The van der Waals surface area contributed by atoms with Crippen LogP contribution in [-0.4, -0.2) is 55.7 Å². The van der Waals surface area contributed by atoms with Crippen LogP contribution in [-0.2, 0) is 4.74 Å². The molecule has 3 heterocycles. The molecule has 9 nitrogen and oxygen atoms in total. The Labute approximate surface area is 220 Å². The fraction of sp³-hybridized carbons (Fsp3) is 0.407. The number of hydrogen-bond acceptors (Lipinski definition) is 10. The van der Waals surface area contributed by atoms with E-state index in [2.05, 4.69) is 53.7 Å². The fourth-order valence-electron chi connectivity index (χ4n) is 4.89. The van der Waals surface area contributed by atoms with Crippen molar-refractivity contribution >= 4 is 33.3 Å². The molecule has 0 radical (unpaired) electrons. The number of aliphatic hydroxyl groups is 2. The number of pyridine rings is 1. The maximum Gasteiger partial charge on any atom is 0.225 e. The van der Waals surface area contributed by atoms with Gasteiger partial charge in [0.25, 0.3) is 0 Å². The van der Waals surface area contributed by atoms with E-state index >= 15 is 0 Å². The SMILES string of the molecule is COC1(Nc2nc(NC(C)c3ccc(C)cc3)nc(C)c2-c2nc3cnccc3s2)CCC(CO)C1O. The number of nitrogens with zero attached hydrogens (tertiary/aromatic N) is 4. The zero-order chi connectivity index (χ0) is 26.2. The standard InChI is InChI=1S/C27H32N6O3S/c1-15-5-7-18(8-6-15)16(2)29-26-30-17(3)22(25-31-20-13-28-12-10-21(20)37-25)24(32-26)33-27(36-4)11-9-19(14-34)23(27)35/h5-8,10,12-13,16,19,23,34-35H,9,11,14H2,1-4H3,(H2,29,30,32,33). The van der Waals surface area contributed by atoms with Crippen molar-refractivity contribution in [1.29, 1.82) is 0 Å². The first-order chi connectivity index (χ1) is 17.8. The highest BCUT2D eigenvalue weighted by Crippen LogP contribution is 2.42. The second-order valence-corrected chi connectivity index (χ2v) is 10.7. The molecule has 3 aromatic heterocycles. The van der Waals surface area contributed by atoms with Gasteiger partial charge >= 0.3 is 0 Å². The van der Waals surface area contributed by atoms with Crippen LogP contribution in [0.3, 0.4) is 0 Å². The van der Waals surface area contributed by atoms with Crippen molar-refractivity contribution < 1.29 is 14.9 Å². The molecule has 0 spiro atoms. The first-order valence-electron chi connectivity index (χ1n) is 12.4. The normalized spacial score (nSPS) is 22.3. The highest BCUT2D eigenvalue weighted by Gasteiger charge is 2.49. The van der Waals surface area contributed by atoms with Gasteiger partial charge in [-0.15, -0.1) is 11.3 Å². The quantitative estimate of drug-likeness (QED) is 0.249. The third-order valence-electron chi connectivity index (χ3n) is 7.16. The zero-order valence-electron chi connectivity index (χ0n) is 21.4. The Morgan fingerprint density at radius 2 is 1.95 bits per heavy atom. The van der Waals surface area contributed by atoms with Gasteiger partial charge in [-0.05, 0) is 45.2 Å². The predicted octanol–water partition coefficient (Wildman–Crippen LogP) is 4.46. The van der Waals surface area contributed by atoms with E-state index in [4.69, 9.17) is 19.7 Å². The summed E-state index contributed by atoms with van der Waals surface area (Å²) in [6.07, 6.45) is 3.72. The molecule has 4 unspecified atom stereocenters. The molecule has 1 saturated carbocycles. The molecule has 0 saturated heterocycles. The van der Waals surface area contributed by atoms with Crippen LogP contribution in [0.4, 0.5) is 11.8 Å². The van der Waals surface area contributed by atoms with Gasteiger partial charge in [-0.3, -0.25) is 4.98 Å². The minimum absolute atomic E-state index is 0.0283. The van der Waals surface area contributed by atoms with Crippen LogP contribution in [0.25, 0.3) is 20.8 Å². The third kappa shape index (κ3) is 4.89. The summed E-state index contributed by atoms with van der Waals surface area (Å²) in [4.78, 5) is 18.6. The number of anilines is 2. The third-order valence-corrected chi connectivity index (χ3v) is 8.21. The molecule has 1 fully saturated rings. The van der Waals surface area contributed by atoms with E-state index in [1.807, 2.05) is 13.0 Å². The minimum atomic E-state index is -1.10. The molecule has 1 aliphatic carbocycles. The Kier molecular flexibility index (Phi) is 7.09. The molecule has 4 aromatic rings. The van der Waals surface area contributed by atoms with Gasteiger partial charge in [0, 0.05) is 25.8 Å². The Balaban J connectivity index is 1.57. The maximum absolute atomic E-state index is 11.1. The number of benzene rings is 1. The molecular formula is C27H32N6O3S. The highest BCUT2D eigenvalue weighted by molar-refractivity contribution is 7.21. The van der Waals surface area contributed by atoms with Gasteiger partial charge in [0.1, 0.15) is 22.4 Å². The summed E-state index contributed by atoms with van der Waals surface area (Å²) >= 11 is 1.53. The molecule has 10 heteroatoms. The zero-order valence-corrected chi connectivity index (χ0v) is 22.2. The second kappa shape index (κ2) is 10.3. The van der Waals surface area contributed by atoms with E-state index in [9.17, 15) is 10.2 Å². The van der Waals surface area contributed by atoms with Crippen LogP contribution >= 0.6 is 11.3 Å². The lowest BCUT2D eigenvalue weighted by Gasteiger charge is -2.34. The summed E-state index contributed by atoms with van der Waals surface area (Å²) in [7, 11) is 1.56. The van der Waals surface area contributed by atoms with E-state index in [0.29, 0.717) is 24.6 Å². The molecule has 194 valence electrons. The van der Waals surface area contributed by atoms with Gasteiger partial charge in [-0.25, -0.2) is 9.97 Å². The Bertz CT molecular complexity index is 1360. The number of ether oxygens (including phenoxy) is 1. The van der Waals surface area contributed by atoms with Gasteiger partial charge in [-0.2, -0.15) is 4.98 Å². The van der Waals surface area contributed by atoms with Gasteiger partial charge < -0.3 is 25.6 Å². The molecule has 0 amide bonds. The predicted molar refractivity (Wildman–Crippen MR) is 146 cm³/mol. The number of aliphatic hydroxyl groups excluding tert-OH is 2. The molecular weight excluding hydrogens is 488 g/mol. The van der Waals surface area contributed by atoms with Crippen molar-refractivity contribution in [2.24, 2.45) is 5.92 Å². The number of hydrogen-bond donors (Lipinski definition) is 4. The van der Waals surface area contributed by atoms with Gasteiger partial charge in [0.2, 0.25) is 5.95 Å². The van der Waals surface area contributed by atoms with Crippen LogP contribution in [0.5, 0.6) is 0 Å². The lowest BCUT2D eigenvalue weighted by atomic mass is 10.0. The van der Waals surface area contributed by atoms with Gasteiger partial charge in [-0.1, -0.05) is 29.8 Å². The van der Waals surface area contributed by atoms with E-state index in [1.165, 1.54) is 16.9 Å². The molecule has 0 bridgehead atoms. The molecule has 4 atom stereocenters. The van der Waals surface area contributed by atoms with Gasteiger partial charge in [0.15, 0.2) is 5.72 Å². The van der Waals surface area contributed by atoms with Crippen molar-refractivity contribution in [3.8, 4) is 10.6 Å². The largest absolute Gasteiger partial charge is 0.396 e. The van der Waals surface area contributed by atoms with E-state index in [1.54, 1.807) is 19.5 Å². The van der Waals surface area contributed by atoms with Crippen LogP contribution in [0.1, 0.15) is 42.6 Å². The lowest BCUT2D eigenvalue weighted by molar-refractivity contribution is -0.0807. The molecule has 1 aromatic carbocycles. The summed E-state index contributed by atoms with van der Waals surface area (Å²) < 4.78 is 6.87. The number of nitrogens with one attached hydrogen (secondary N) is 2. The van der Waals surface area contributed by atoms with Crippen molar-refractivity contribution in [2.45, 2.75) is 51.5 Å². The van der Waals surface area contributed by atoms with Crippen molar-refractivity contribution in [2.75, 3.05) is 24.4 Å². The van der Waals surface area contributed by atoms with Crippen molar-refractivity contribution in [3.63, 3.8) is 0 Å². The number of aromatic nitrogens is 4.